The SMILES string of the molecule is CC1(C)C[C@@](CCN)(Cc2ccccc2Cl)CCO1. The van der Waals surface area contributed by atoms with Crippen molar-refractivity contribution in [3.05, 3.63) is 34.9 Å². The Hall–Kier alpha value is -0.570. The molecule has 0 aromatic heterocycles. The molecule has 1 aromatic rings. The highest BCUT2D eigenvalue weighted by Crippen LogP contribution is 2.44. The summed E-state index contributed by atoms with van der Waals surface area (Å²) in [6, 6.07) is 8.14. The second kappa shape index (κ2) is 5.82. The Labute approximate surface area is 121 Å². The summed E-state index contributed by atoms with van der Waals surface area (Å²) in [6.45, 7) is 5.88. The van der Waals surface area contributed by atoms with E-state index in [4.69, 9.17) is 22.1 Å². The molecule has 0 spiro atoms. The molecular weight excluding hydrogens is 258 g/mol. The highest BCUT2D eigenvalue weighted by molar-refractivity contribution is 6.31. The summed E-state index contributed by atoms with van der Waals surface area (Å²) in [6.07, 6.45) is 4.14. The van der Waals surface area contributed by atoms with E-state index in [1.54, 1.807) is 0 Å². The summed E-state index contributed by atoms with van der Waals surface area (Å²) < 4.78 is 5.86. The zero-order valence-electron chi connectivity index (χ0n) is 11.9. The molecule has 0 radical (unpaired) electrons. The average molecular weight is 282 g/mol. The molecule has 3 heteroatoms. The molecule has 1 aliphatic heterocycles. The highest BCUT2D eigenvalue weighted by Gasteiger charge is 2.40. The lowest BCUT2D eigenvalue weighted by atomic mass is 9.68. The summed E-state index contributed by atoms with van der Waals surface area (Å²) in [5.74, 6) is 0. The Morgan fingerprint density at radius 2 is 2.05 bits per heavy atom. The summed E-state index contributed by atoms with van der Waals surface area (Å²) in [4.78, 5) is 0. The molecule has 0 saturated carbocycles. The molecule has 0 bridgehead atoms. The second-order valence-electron chi connectivity index (χ2n) is 6.34. The molecule has 2 N–H and O–H groups in total. The summed E-state index contributed by atoms with van der Waals surface area (Å²) >= 11 is 6.31. The fourth-order valence-electron chi connectivity index (χ4n) is 3.39. The molecule has 1 saturated heterocycles. The van der Waals surface area contributed by atoms with Crippen molar-refractivity contribution < 1.29 is 4.74 Å². The zero-order chi connectivity index (χ0) is 13.9. The summed E-state index contributed by atoms with van der Waals surface area (Å²) in [7, 11) is 0. The number of hydrogen-bond acceptors (Lipinski definition) is 2. The molecule has 1 aromatic carbocycles. The van der Waals surface area contributed by atoms with Gasteiger partial charge in [-0.3, -0.25) is 0 Å². The van der Waals surface area contributed by atoms with Crippen molar-refractivity contribution in [3.63, 3.8) is 0 Å². The number of rotatable bonds is 4. The quantitative estimate of drug-likeness (QED) is 0.911. The largest absolute Gasteiger partial charge is 0.376 e. The van der Waals surface area contributed by atoms with Gasteiger partial charge in [0.2, 0.25) is 0 Å². The topological polar surface area (TPSA) is 35.2 Å². The van der Waals surface area contributed by atoms with E-state index in [0.29, 0.717) is 0 Å². The maximum absolute atomic E-state index is 6.31. The van der Waals surface area contributed by atoms with Gasteiger partial charge in [0.1, 0.15) is 0 Å². The van der Waals surface area contributed by atoms with Crippen LogP contribution in [0.2, 0.25) is 5.02 Å². The van der Waals surface area contributed by atoms with Gasteiger partial charge in [0, 0.05) is 11.6 Å². The molecule has 1 fully saturated rings. The van der Waals surface area contributed by atoms with Gasteiger partial charge in [-0.2, -0.15) is 0 Å². The van der Waals surface area contributed by atoms with Gasteiger partial charge < -0.3 is 10.5 Å². The molecule has 0 aliphatic carbocycles. The molecular formula is C16H24ClNO. The van der Waals surface area contributed by atoms with Crippen molar-refractivity contribution in [1.82, 2.24) is 0 Å². The van der Waals surface area contributed by atoms with Gasteiger partial charge in [0.05, 0.1) is 5.60 Å². The van der Waals surface area contributed by atoms with Gasteiger partial charge >= 0.3 is 0 Å². The first-order valence-corrected chi connectivity index (χ1v) is 7.42. The van der Waals surface area contributed by atoms with Crippen LogP contribution in [-0.4, -0.2) is 18.8 Å². The van der Waals surface area contributed by atoms with Crippen LogP contribution in [0.25, 0.3) is 0 Å². The third-order valence-electron chi connectivity index (χ3n) is 4.12. The Kier molecular flexibility index (Phi) is 4.54. The van der Waals surface area contributed by atoms with E-state index in [1.807, 2.05) is 12.1 Å². The van der Waals surface area contributed by atoms with E-state index in [-0.39, 0.29) is 11.0 Å². The maximum atomic E-state index is 6.31. The Morgan fingerprint density at radius 3 is 2.68 bits per heavy atom. The van der Waals surface area contributed by atoms with E-state index in [9.17, 15) is 0 Å². The fourth-order valence-corrected chi connectivity index (χ4v) is 3.59. The monoisotopic (exact) mass is 281 g/mol. The van der Waals surface area contributed by atoms with E-state index in [1.165, 1.54) is 5.56 Å². The predicted molar refractivity (Wildman–Crippen MR) is 80.5 cm³/mol. The van der Waals surface area contributed by atoms with Crippen LogP contribution in [0, 0.1) is 5.41 Å². The lowest BCUT2D eigenvalue weighted by Crippen LogP contribution is -2.43. The van der Waals surface area contributed by atoms with Crippen molar-refractivity contribution in [2.45, 2.75) is 45.1 Å². The molecule has 106 valence electrons. The molecule has 19 heavy (non-hydrogen) atoms. The van der Waals surface area contributed by atoms with Crippen LogP contribution in [0.3, 0.4) is 0 Å². The van der Waals surface area contributed by atoms with Crippen LogP contribution in [0.15, 0.2) is 24.3 Å². The van der Waals surface area contributed by atoms with Gasteiger partial charge in [-0.05, 0) is 63.1 Å². The predicted octanol–water partition coefficient (Wildman–Crippen LogP) is 3.81. The van der Waals surface area contributed by atoms with Crippen LogP contribution in [0.5, 0.6) is 0 Å². The highest BCUT2D eigenvalue weighted by atomic mass is 35.5. The van der Waals surface area contributed by atoms with Crippen LogP contribution in [0.4, 0.5) is 0 Å². The maximum Gasteiger partial charge on any atom is 0.0631 e. The summed E-state index contributed by atoms with van der Waals surface area (Å²) in [5, 5.41) is 0.864. The standard InChI is InChI=1S/C16H24ClNO/c1-15(2)12-16(7-9-18,8-10-19-15)11-13-5-3-4-6-14(13)17/h3-6H,7-12,18H2,1-2H3/t16-/m1/s1. The van der Waals surface area contributed by atoms with Crippen molar-refractivity contribution in [2.75, 3.05) is 13.2 Å². The van der Waals surface area contributed by atoms with E-state index in [0.717, 1.165) is 43.9 Å². The molecule has 0 amide bonds. The minimum absolute atomic E-state index is 0.0608. The third kappa shape index (κ3) is 3.71. The number of halogens is 1. The van der Waals surface area contributed by atoms with Crippen LogP contribution >= 0.6 is 11.6 Å². The normalized spacial score (nSPS) is 26.3. The van der Waals surface area contributed by atoms with Crippen LogP contribution in [0.1, 0.15) is 38.7 Å². The molecule has 1 aliphatic rings. The Bertz CT molecular complexity index is 429. The van der Waals surface area contributed by atoms with Gasteiger partial charge in [-0.15, -0.1) is 0 Å². The summed E-state index contributed by atoms with van der Waals surface area (Å²) in [5.41, 5.74) is 7.25. The van der Waals surface area contributed by atoms with E-state index in [2.05, 4.69) is 26.0 Å². The molecule has 1 atom stereocenters. The Morgan fingerprint density at radius 1 is 1.32 bits per heavy atom. The first-order valence-electron chi connectivity index (χ1n) is 7.04. The van der Waals surface area contributed by atoms with Gasteiger partial charge in [-0.1, -0.05) is 29.8 Å². The smallest absolute Gasteiger partial charge is 0.0631 e. The van der Waals surface area contributed by atoms with Crippen LogP contribution in [-0.2, 0) is 11.2 Å². The van der Waals surface area contributed by atoms with Crippen molar-refractivity contribution >= 4 is 11.6 Å². The number of benzene rings is 1. The van der Waals surface area contributed by atoms with E-state index < -0.39 is 0 Å². The second-order valence-corrected chi connectivity index (χ2v) is 6.75. The lowest BCUT2D eigenvalue weighted by molar-refractivity contribution is -0.106. The van der Waals surface area contributed by atoms with Crippen LogP contribution < -0.4 is 5.73 Å². The van der Waals surface area contributed by atoms with Crippen molar-refractivity contribution in [3.8, 4) is 0 Å². The number of ether oxygens (including phenoxy) is 1. The minimum Gasteiger partial charge on any atom is -0.376 e. The molecule has 1 heterocycles. The zero-order valence-corrected chi connectivity index (χ0v) is 12.7. The van der Waals surface area contributed by atoms with Crippen molar-refractivity contribution in [2.24, 2.45) is 11.1 Å². The molecule has 2 nitrogen and oxygen atoms in total. The Balaban J connectivity index is 2.22. The number of hydrogen-bond donors (Lipinski definition) is 1. The average Bonchev–Trinajstić information content (AvgIpc) is 2.31. The first-order chi connectivity index (χ1) is 8.96. The third-order valence-corrected chi connectivity index (χ3v) is 4.49. The minimum atomic E-state index is -0.0608. The van der Waals surface area contributed by atoms with Crippen molar-refractivity contribution in [1.29, 1.82) is 0 Å². The first kappa shape index (κ1) is 14.8. The number of nitrogens with two attached hydrogens (primary N) is 1. The van der Waals surface area contributed by atoms with Gasteiger partial charge in [0.15, 0.2) is 0 Å². The lowest BCUT2D eigenvalue weighted by Gasteiger charge is -2.45. The fraction of sp³-hybridized carbons (Fsp3) is 0.625. The van der Waals surface area contributed by atoms with E-state index >= 15 is 0 Å². The van der Waals surface area contributed by atoms with Gasteiger partial charge in [0.25, 0.3) is 0 Å². The molecule has 2 rings (SSSR count). The van der Waals surface area contributed by atoms with Gasteiger partial charge in [-0.25, -0.2) is 0 Å². The molecule has 0 unspecified atom stereocenters.